The fourth-order valence-electron chi connectivity index (χ4n) is 4.61. The Morgan fingerprint density at radius 1 is 0.944 bits per heavy atom. The third-order valence-corrected chi connectivity index (χ3v) is 6.89. The zero-order chi connectivity index (χ0) is 25.6. The topological polar surface area (TPSA) is 53.4 Å². The van der Waals surface area contributed by atoms with E-state index in [9.17, 15) is 26.7 Å². The smallest absolute Gasteiger partial charge is 0.368 e. The van der Waals surface area contributed by atoms with E-state index < -0.39 is 36.4 Å². The van der Waals surface area contributed by atoms with Crippen LogP contribution in [0.1, 0.15) is 34.6 Å². The average Bonchev–Trinajstić information content (AvgIpc) is 3.19. The van der Waals surface area contributed by atoms with Crippen molar-refractivity contribution in [2.75, 3.05) is 36.4 Å². The van der Waals surface area contributed by atoms with Crippen LogP contribution in [-0.2, 0) is 0 Å². The maximum absolute atomic E-state index is 14.0. The van der Waals surface area contributed by atoms with Crippen LogP contribution in [0.25, 0.3) is 0 Å². The van der Waals surface area contributed by atoms with E-state index in [0.717, 1.165) is 10.4 Å². The molecule has 3 heterocycles. The summed E-state index contributed by atoms with van der Waals surface area (Å²) in [6.45, 7) is 1.50. The molecule has 2 atom stereocenters. The monoisotopic (exact) mass is 525 g/mol. The van der Waals surface area contributed by atoms with Gasteiger partial charge in [0.2, 0.25) is 0 Å². The highest BCUT2D eigenvalue weighted by Gasteiger charge is 2.48. The predicted molar refractivity (Wildman–Crippen MR) is 124 cm³/mol. The van der Waals surface area contributed by atoms with Gasteiger partial charge in [0.15, 0.2) is 11.7 Å². The number of anilines is 2. The van der Waals surface area contributed by atoms with Crippen LogP contribution in [0, 0.1) is 11.6 Å². The van der Waals surface area contributed by atoms with Crippen molar-refractivity contribution in [3.05, 3.63) is 76.4 Å². The molecule has 2 aromatic carbocycles. The maximum Gasteiger partial charge on any atom is 0.410 e. The average molecular weight is 526 g/mol. The van der Waals surface area contributed by atoms with E-state index in [1.54, 1.807) is 12.1 Å². The van der Waals surface area contributed by atoms with Gasteiger partial charge in [-0.2, -0.15) is 18.3 Å². The number of fused-ring (bicyclic) bond motifs is 1. The maximum atomic E-state index is 14.0. The Labute approximate surface area is 208 Å². The Morgan fingerprint density at radius 2 is 1.53 bits per heavy atom. The van der Waals surface area contributed by atoms with Gasteiger partial charge in [0.1, 0.15) is 22.5 Å². The minimum Gasteiger partial charge on any atom is -0.368 e. The number of hydrogen-bond acceptors (Lipinski definition) is 4. The number of halogens is 6. The second-order valence-electron chi connectivity index (χ2n) is 8.75. The molecule has 1 N–H and O–H groups in total. The third kappa shape index (κ3) is 4.59. The lowest BCUT2D eigenvalue weighted by molar-refractivity contribution is -0.173. The minimum atomic E-state index is -4.65. The van der Waals surface area contributed by atoms with Crippen molar-refractivity contribution < 1.29 is 26.7 Å². The molecule has 12 heteroatoms. The number of nitrogens with one attached hydrogen (secondary N) is 1. The molecule has 0 spiro atoms. The first-order valence-corrected chi connectivity index (χ1v) is 11.7. The Balaban J connectivity index is 1.38. The molecule has 0 saturated carbocycles. The SMILES string of the molecule is O=C(c1nn2c(c1Cl)N[C@@H](c1ccc(F)cc1)C[C@@H]2C(F)(F)F)N1CCN(c2ccc(F)cc2)CC1. The van der Waals surface area contributed by atoms with Crippen molar-refractivity contribution in [2.24, 2.45) is 0 Å². The first-order chi connectivity index (χ1) is 17.1. The van der Waals surface area contributed by atoms with Crippen LogP contribution in [0.2, 0.25) is 5.02 Å². The van der Waals surface area contributed by atoms with Crippen LogP contribution in [0.15, 0.2) is 48.5 Å². The molecule has 1 fully saturated rings. The van der Waals surface area contributed by atoms with Crippen molar-refractivity contribution in [1.82, 2.24) is 14.7 Å². The van der Waals surface area contributed by atoms with Gasteiger partial charge in [-0.25, -0.2) is 13.5 Å². The molecule has 1 amide bonds. The molecule has 3 aromatic rings. The fraction of sp³-hybridized carbons (Fsp3) is 0.333. The number of amides is 1. The molecule has 1 saturated heterocycles. The number of nitrogens with zero attached hydrogens (tertiary/aromatic N) is 4. The van der Waals surface area contributed by atoms with Crippen LogP contribution < -0.4 is 10.2 Å². The number of piperazine rings is 1. The highest BCUT2D eigenvalue weighted by atomic mass is 35.5. The van der Waals surface area contributed by atoms with E-state index in [1.165, 1.54) is 41.3 Å². The minimum absolute atomic E-state index is 0.104. The van der Waals surface area contributed by atoms with E-state index in [4.69, 9.17) is 11.6 Å². The quantitative estimate of drug-likeness (QED) is 0.463. The zero-order valence-corrected chi connectivity index (χ0v) is 19.5. The van der Waals surface area contributed by atoms with E-state index in [1.807, 2.05) is 4.90 Å². The van der Waals surface area contributed by atoms with Crippen molar-refractivity contribution in [3.63, 3.8) is 0 Å². The van der Waals surface area contributed by atoms with Gasteiger partial charge in [-0.3, -0.25) is 4.79 Å². The normalized spacial score (nSPS) is 20.2. The summed E-state index contributed by atoms with van der Waals surface area (Å²) in [7, 11) is 0. The molecule has 0 unspecified atom stereocenters. The number of hydrogen-bond donors (Lipinski definition) is 1. The summed E-state index contributed by atoms with van der Waals surface area (Å²) in [5.74, 6) is -1.52. The summed E-state index contributed by atoms with van der Waals surface area (Å²) in [4.78, 5) is 16.7. The number of alkyl halides is 3. The summed E-state index contributed by atoms with van der Waals surface area (Å²) in [6.07, 6.45) is -5.05. The molecular weight excluding hydrogens is 505 g/mol. The lowest BCUT2D eigenvalue weighted by atomic mass is 9.97. The Morgan fingerprint density at radius 3 is 2.11 bits per heavy atom. The van der Waals surface area contributed by atoms with Gasteiger partial charge in [0.05, 0.1) is 6.04 Å². The Kier molecular flexibility index (Phi) is 6.27. The summed E-state index contributed by atoms with van der Waals surface area (Å²) in [5.41, 5.74) is 1.01. The fourth-order valence-corrected chi connectivity index (χ4v) is 4.87. The molecule has 1 aromatic heterocycles. The first-order valence-electron chi connectivity index (χ1n) is 11.3. The van der Waals surface area contributed by atoms with Gasteiger partial charge in [0.25, 0.3) is 5.91 Å². The first kappa shape index (κ1) is 24.4. The van der Waals surface area contributed by atoms with Crippen LogP contribution in [0.4, 0.5) is 33.5 Å². The number of aromatic nitrogens is 2. The molecular formula is C24H21ClF5N5O. The second-order valence-corrected chi connectivity index (χ2v) is 9.13. The Hall–Kier alpha value is -3.34. The molecule has 0 radical (unpaired) electrons. The summed E-state index contributed by atoms with van der Waals surface area (Å²) in [6, 6.07) is 8.35. The molecule has 0 aliphatic carbocycles. The van der Waals surface area contributed by atoms with Gasteiger partial charge < -0.3 is 15.1 Å². The standard InChI is InChI=1S/C24H21ClF5N5O/c25-20-21(23(36)34-11-9-33(10-12-34)17-7-5-16(27)6-8-17)32-35-19(24(28,29)30)13-18(31-22(20)35)14-1-3-15(26)4-2-14/h1-8,18-19,31H,9-13H2/t18-,19-/m1/s1. The number of carbonyl (C=O) groups is 1. The van der Waals surface area contributed by atoms with Crippen molar-refractivity contribution >= 4 is 29.0 Å². The van der Waals surface area contributed by atoms with Crippen LogP contribution in [0.5, 0.6) is 0 Å². The number of benzene rings is 2. The van der Waals surface area contributed by atoms with Gasteiger partial charge in [0, 0.05) is 38.3 Å². The van der Waals surface area contributed by atoms with Crippen molar-refractivity contribution in [3.8, 4) is 0 Å². The van der Waals surface area contributed by atoms with E-state index in [2.05, 4.69) is 10.4 Å². The van der Waals surface area contributed by atoms with Crippen molar-refractivity contribution in [1.29, 1.82) is 0 Å². The molecule has 2 aliphatic heterocycles. The van der Waals surface area contributed by atoms with Crippen molar-refractivity contribution in [2.45, 2.75) is 24.7 Å². The van der Waals surface area contributed by atoms with Gasteiger partial charge in [-0.1, -0.05) is 23.7 Å². The molecule has 6 nitrogen and oxygen atoms in total. The van der Waals surface area contributed by atoms with E-state index >= 15 is 0 Å². The zero-order valence-electron chi connectivity index (χ0n) is 18.8. The van der Waals surface area contributed by atoms with Gasteiger partial charge in [-0.05, 0) is 42.0 Å². The van der Waals surface area contributed by atoms with Gasteiger partial charge >= 0.3 is 6.18 Å². The van der Waals surface area contributed by atoms with Crippen LogP contribution in [0.3, 0.4) is 0 Å². The summed E-state index contributed by atoms with van der Waals surface area (Å²) >= 11 is 6.42. The molecule has 0 bridgehead atoms. The lowest BCUT2D eigenvalue weighted by Crippen LogP contribution is -2.49. The molecule has 2 aliphatic rings. The van der Waals surface area contributed by atoms with E-state index in [0.29, 0.717) is 31.7 Å². The molecule has 190 valence electrons. The Bertz CT molecular complexity index is 1250. The second kappa shape index (κ2) is 9.27. The van der Waals surface area contributed by atoms with E-state index in [-0.39, 0.29) is 22.4 Å². The predicted octanol–water partition coefficient (Wildman–Crippen LogP) is 5.44. The highest BCUT2D eigenvalue weighted by molar-refractivity contribution is 6.36. The van der Waals surface area contributed by atoms with Crippen LogP contribution in [-0.4, -0.2) is 52.9 Å². The summed E-state index contributed by atoms with van der Waals surface area (Å²) in [5, 5.41) is 6.76. The summed E-state index contributed by atoms with van der Waals surface area (Å²) < 4.78 is 69.2. The number of rotatable bonds is 3. The molecule has 36 heavy (non-hydrogen) atoms. The number of carbonyl (C=O) groups excluding carboxylic acids is 1. The van der Waals surface area contributed by atoms with Gasteiger partial charge in [-0.15, -0.1) is 0 Å². The highest BCUT2D eigenvalue weighted by Crippen LogP contribution is 2.46. The lowest BCUT2D eigenvalue weighted by Gasteiger charge is -2.35. The van der Waals surface area contributed by atoms with Crippen LogP contribution >= 0.6 is 11.6 Å². The molecule has 5 rings (SSSR count). The third-order valence-electron chi connectivity index (χ3n) is 6.53. The largest absolute Gasteiger partial charge is 0.410 e.